The molecule has 1 saturated heterocycles. The van der Waals surface area contributed by atoms with Crippen molar-refractivity contribution in [2.24, 2.45) is 0 Å². The molecule has 86 valence electrons. The lowest BCUT2D eigenvalue weighted by Gasteiger charge is -2.19. The van der Waals surface area contributed by atoms with Gasteiger partial charge >= 0.3 is 5.97 Å². The fraction of sp³-hybridized carbons (Fsp3) is 0.444. The molecule has 2 rings (SSSR count). The summed E-state index contributed by atoms with van der Waals surface area (Å²) in [6.07, 6.45) is 0. The maximum absolute atomic E-state index is 12.1. The number of carbonyl (C=O) groups excluding carboxylic acids is 1. The van der Waals surface area contributed by atoms with Crippen LogP contribution >= 0.6 is 23.1 Å². The number of aliphatic carboxylic acids is 1. The van der Waals surface area contributed by atoms with Gasteiger partial charge in [-0.15, -0.1) is 23.1 Å². The minimum absolute atomic E-state index is 0.225. The number of nitrogens with zero attached hydrogens (tertiary/aromatic N) is 2. The van der Waals surface area contributed by atoms with Gasteiger partial charge in [-0.1, -0.05) is 0 Å². The lowest BCUT2D eigenvalue weighted by atomic mass is 10.2. The molecule has 1 aromatic rings. The number of hydrogen-bond acceptors (Lipinski definition) is 5. The number of hydrogen-bond donors (Lipinski definition) is 1. The zero-order valence-electron chi connectivity index (χ0n) is 8.54. The van der Waals surface area contributed by atoms with Crippen molar-refractivity contribution in [1.82, 2.24) is 9.88 Å². The molecule has 1 unspecified atom stereocenters. The predicted molar refractivity (Wildman–Crippen MR) is 61.8 cm³/mol. The topological polar surface area (TPSA) is 70.5 Å². The molecule has 0 bridgehead atoms. The lowest BCUT2D eigenvalue weighted by molar-refractivity contribution is -0.140. The SMILES string of the molecule is Cc1ncsc1C(=O)N1CSCC1C(=O)O. The van der Waals surface area contributed by atoms with Crippen molar-refractivity contribution in [3.63, 3.8) is 0 Å². The van der Waals surface area contributed by atoms with Gasteiger partial charge in [0.1, 0.15) is 10.9 Å². The van der Waals surface area contributed by atoms with E-state index in [0.717, 1.165) is 0 Å². The minimum Gasteiger partial charge on any atom is -0.480 e. The number of carboxylic acid groups (broad SMARTS) is 1. The average Bonchev–Trinajstić information content (AvgIpc) is 2.84. The highest BCUT2D eigenvalue weighted by Crippen LogP contribution is 2.25. The van der Waals surface area contributed by atoms with Crippen LogP contribution in [0.4, 0.5) is 0 Å². The Morgan fingerprint density at radius 1 is 1.62 bits per heavy atom. The van der Waals surface area contributed by atoms with Gasteiger partial charge < -0.3 is 10.0 Å². The first-order valence-electron chi connectivity index (χ1n) is 4.63. The van der Waals surface area contributed by atoms with E-state index in [9.17, 15) is 9.59 Å². The van der Waals surface area contributed by atoms with Crippen LogP contribution in [-0.2, 0) is 4.79 Å². The Kier molecular flexibility index (Phi) is 3.15. The Bertz CT molecular complexity index is 432. The molecule has 1 aliphatic heterocycles. The normalized spacial score (nSPS) is 20.1. The Morgan fingerprint density at radius 2 is 2.38 bits per heavy atom. The molecule has 1 atom stereocenters. The fourth-order valence-corrected chi connectivity index (χ4v) is 3.39. The second-order valence-electron chi connectivity index (χ2n) is 3.40. The summed E-state index contributed by atoms with van der Waals surface area (Å²) in [5.41, 5.74) is 2.26. The van der Waals surface area contributed by atoms with Crippen molar-refractivity contribution in [1.29, 1.82) is 0 Å². The second-order valence-corrected chi connectivity index (χ2v) is 5.25. The van der Waals surface area contributed by atoms with E-state index in [-0.39, 0.29) is 5.91 Å². The maximum atomic E-state index is 12.1. The van der Waals surface area contributed by atoms with Crippen molar-refractivity contribution in [2.45, 2.75) is 13.0 Å². The van der Waals surface area contributed by atoms with E-state index in [1.54, 1.807) is 12.4 Å². The summed E-state index contributed by atoms with van der Waals surface area (Å²) in [5.74, 6) is -0.274. The monoisotopic (exact) mass is 258 g/mol. The van der Waals surface area contributed by atoms with Gasteiger partial charge in [0.15, 0.2) is 0 Å². The van der Waals surface area contributed by atoms with Crippen LogP contribution in [0.15, 0.2) is 5.51 Å². The first kappa shape index (κ1) is 11.4. The molecule has 1 amide bonds. The van der Waals surface area contributed by atoms with Gasteiger partial charge in [-0.05, 0) is 6.92 Å². The highest BCUT2D eigenvalue weighted by Gasteiger charge is 2.35. The number of thioether (sulfide) groups is 1. The zero-order chi connectivity index (χ0) is 11.7. The Labute approximate surface area is 100 Å². The predicted octanol–water partition coefficient (Wildman–Crippen LogP) is 1.05. The molecule has 1 aromatic heterocycles. The summed E-state index contributed by atoms with van der Waals surface area (Å²) in [6.45, 7) is 1.75. The van der Waals surface area contributed by atoms with Gasteiger partial charge in [0.05, 0.1) is 17.1 Å². The third-order valence-electron chi connectivity index (χ3n) is 2.37. The largest absolute Gasteiger partial charge is 0.480 e. The van der Waals surface area contributed by atoms with E-state index < -0.39 is 12.0 Å². The van der Waals surface area contributed by atoms with E-state index >= 15 is 0 Å². The van der Waals surface area contributed by atoms with Crippen molar-refractivity contribution in [3.8, 4) is 0 Å². The Morgan fingerprint density at radius 3 is 2.94 bits per heavy atom. The van der Waals surface area contributed by atoms with E-state index in [0.29, 0.717) is 22.2 Å². The van der Waals surface area contributed by atoms with Gasteiger partial charge in [0, 0.05) is 5.75 Å². The van der Waals surface area contributed by atoms with E-state index in [1.165, 1.54) is 28.0 Å². The Hall–Kier alpha value is -1.08. The molecule has 1 fully saturated rings. The van der Waals surface area contributed by atoms with Crippen LogP contribution in [0.2, 0.25) is 0 Å². The standard InChI is InChI=1S/C9H10N2O3S2/c1-5-7(16-3-10-5)8(12)11-4-15-2-6(11)9(13)14/h3,6H,2,4H2,1H3,(H,13,14). The third kappa shape index (κ3) is 1.92. The molecule has 0 aromatic carbocycles. The smallest absolute Gasteiger partial charge is 0.327 e. The Balaban J connectivity index is 2.22. The van der Waals surface area contributed by atoms with Crippen LogP contribution in [0.1, 0.15) is 15.4 Å². The van der Waals surface area contributed by atoms with Crippen molar-refractivity contribution in [2.75, 3.05) is 11.6 Å². The zero-order valence-corrected chi connectivity index (χ0v) is 10.2. The molecular weight excluding hydrogens is 248 g/mol. The molecular formula is C9H10N2O3S2. The van der Waals surface area contributed by atoms with Crippen molar-refractivity contribution < 1.29 is 14.7 Å². The van der Waals surface area contributed by atoms with Crippen LogP contribution in [0.3, 0.4) is 0 Å². The summed E-state index contributed by atoms with van der Waals surface area (Å²) in [4.78, 5) is 28.9. The van der Waals surface area contributed by atoms with Crippen LogP contribution in [-0.4, -0.2) is 44.5 Å². The molecule has 1 aliphatic rings. The van der Waals surface area contributed by atoms with Crippen molar-refractivity contribution in [3.05, 3.63) is 16.1 Å². The fourth-order valence-electron chi connectivity index (χ4n) is 1.49. The van der Waals surface area contributed by atoms with Gasteiger partial charge in [0.2, 0.25) is 0 Å². The van der Waals surface area contributed by atoms with Crippen LogP contribution < -0.4 is 0 Å². The summed E-state index contributed by atoms with van der Waals surface area (Å²) < 4.78 is 0. The summed E-state index contributed by atoms with van der Waals surface area (Å²) >= 11 is 2.71. The van der Waals surface area contributed by atoms with Crippen LogP contribution in [0.25, 0.3) is 0 Å². The number of carboxylic acids is 1. The first-order valence-corrected chi connectivity index (χ1v) is 6.66. The molecule has 0 spiro atoms. The first-order chi connectivity index (χ1) is 7.61. The van der Waals surface area contributed by atoms with Gasteiger partial charge in [-0.3, -0.25) is 4.79 Å². The maximum Gasteiger partial charge on any atom is 0.327 e. The number of aryl methyl sites for hydroxylation is 1. The third-order valence-corrected chi connectivity index (χ3v) is 4.30. The number of amides is 1. The number of thiazole rings is 1. The van der Waals surface area contributed by atoms with E-state index in [1.807, 2.05) is 0 Å². The quantitative estimate of drug-likeness (QED) is 0.858. The summed E-state index contributed by atoms with van der Waals surface area (Å²) in [6, 6.07) is -0.709. The minimum atomic E-state index is -0.944. The number of rotatable bonds is 2. The number of carbonyl (C=O) groups is 2. The van der Waals surface area contributed by atoms with Crippen molar-refractivity contribution >= 4 is 35.0 Å². The molecule has 7 heteroatoms. The van der Waals surface area contributed by atoms with Gasteiger partial charge in [0.25, 0.3) is 5.91 Å². The molecule has 1 N–H and O–H groups in total. The molecule has 0 aliphatic carbocycles. The lowest BCUT2D eigenvalue weighted by Crippen LogP contribution is -2.41. The highest BCUT2D eigenvalue weighted by atomic mass is 32.2. The molecule has 16 heavy (non-hydrogen) atoms. The molecule has 0 radical (unpaired) electrons. The molecule has 5 nitrogen and oxygen atoms in total. The molecule has 2 heterocycles. The average molecular weight is 258 g/mol. The summed E-state index contributed by atoms with van der Waals surface area (Å²) in [5, 5.41) is 8.98. The highest BCUT2D eigenvalue weighted by molar-refractivity contribution is 7.99. The van der Waals surface area contributed by atoms with E-state index in [2.05, 4.69) is 4.98 Å². The van der Waals surface area contributed by atoms with Crippen LogP contribution in [0, 0.1) is 6.92 Å². The number of aromatic nitrogens is 1. The van der Waals surface area contributed by atoms with Gasteiger partial charge in [-0.25, -0.2) is 9.78 Å². The second kappa shape index (κ2) is 4.42. The van der Waals surface area contributed by atoms with E-state index in [4.69, 9.17) is 5.11 Å². The van der Waals surface area contributed by atoms with Crippen LogP contribution in [0.5, 0.6) is 0 Å². The summed E-state index contributed by atoms with van der Waals surface area (Å²) in [7, 11) is 0. The van der Waals surface area contributed by atoms with Gasteiger partial charge in [-0.2, -0.15) is 0 Å². The molecule has 0 saturated carbocycles.